The van der Waals surface area contributed by atoms with Gasteiger partial charge in [-0.2, -0.15) is 0 Å². The number of carbonyl (C=O) groups is 2. The van der Waals surface area contributed by atoms with Gasteiger partial charge >= 0.3 is 37.7 Å². The van der Waals surface area contributed by atoms with Crippen molar-refractivity contribution in [3.8, 4) is 23.0 Å². The molecule has 0 aliphatic carbocycles. The van der Waals surface area contributed by atoms with E-state index < -0.39 is 23.8 Å². The molecule has 0 radical (unpaired) electrons. The van der Waals surface area contributed by atoms with Gasteiger partial charge < -0.3 is 29.3 Å². The summed E-state index contributed by atoms with van der Waals surface area (Å²) in [7, 11) is 0. The van der Waals surface area contributed by atoms with Crippen molar-refractivity contribution in [2.45, 2.75) is 25.7 Å². The maximum Gasteiger partial charge on any atom is 2.00 e. The zero-order valence-corrected chi connectivity index (χ0v) is 22.9. The van der Waals surface area contributed by atoms with Gasteiger partial charge in [0.1, 0.15) is 23.0 Å². The summed E-state index contributed by atoms with van der Waals surface area (Å²) in [6.07, 6.45) is 0. The molecule has 4 rings (SSSR count). The van der Waals surface area contributed by atoms with Gasteiger partial charge in [0.2, 0.25) is 0 Å². The summed E-state index contributed by atoms with van der Waals surface area (Å²) in [4.78, 5) is 21.6. The summed E-state index contributed by atoms with van der Waals surface area (Å²) in [5.41, 5.74) is 1.34. The number of aliphatic carboxylic acids is 2. The van der Waals surface area contributed by atoms with Crippen LogP contribution in [0.2, 0.25) is 0 Å². The zero-order valence-electron chi connectivity index (χ0n) is 20.7. The van der Waals surface area contributed by atoms with Crippen molar-refractivity contribution in [1.29, 1.82) is 0 Å². The van der Waals surface area contributed by atoms with Crippen LogP contribution in [0.3, 0.4) is 0 Å². The molecule has 0 spiro atoms. The van der Waals surface area contributed by atoms with Gasteiger partial charge in [-0.25, -0.2) is 0 Å². The van der Waals surface area contributed by atoms with Crippen LogP contribution in [0.15, 0.2) is 109 Å². The summed E-state index contributed by atoms with van der Waals surface area (Å²) in [6, 6.07) is 32.7. The molecule has 0 fully saturated rings. The monoisotopic (exact) mass is 522 g/mol. The van der Waals surface area contributed by atoms with E-state index >= 15 is 0 Å². The Labute approximate surface area is 246 Å². The molecule has 0 saturated carbocycles. The minimum atomic E-state index is -1.09. The Kier molecular flexibility index (Phi) is 12.2. The van der Waals surface area contributed by atoms with Crippen LogP contribution in [0.25, 0.3) is 0 Å². The molecule has 0 heterocycles. The molecular formula is C30H26CaO6. The molecule has 0 saturated heterocycles. The minimum absolute atomic E-state index is 0. The fourth-order valence-electron chi connectivity index (χ4n) is 3.22. The second kappa shape index (κ2) is 15.1. The van der Waals surface area contributed by atoms with Crippen molar-refractivity contribution >= 4 is 49.7 Å². The van der Waals surface area contributed by atoms with Crippen molar-refractivity contribution < 1.29 is 29.3 Å². The number of carbonyl (C=O) groups excluding carboxylic acids is 2. The van der Waals surface area contributed by atoms with Crippen LogP contribution in [-0.4, -0.2) is 49.7 Å². The van der Waals surface area contributed by atoms with Gasteiger partial charge in [-0.3, -0.25) is 0 Å². The standard InChI is InChI=1S/2C15H14O3.Ca/c2*1-11(15(16)17)12-6-5-9-14(10-12)18-13-7-3-2-4-8-13;/h2*2-11H,1H3,(H,16,17);/q;;+2/p-2/t11-;;/m1../s1. The quantitative estimate of drug-likeness (QED) is 0.320. The first-order valence-electron chi connectivity index (χ1n) is 11.4. The molecule has 0 N–H and O–H groups in total. The summed E-state index contributed by atoms with van der Waals surface area (Å²) in [5.74, 6) is -0.808. The molecule has 37 heavy (non-hydrogen) atoms. The van der Waals surface area contributed by atoms with Crippen LogP contribution in [0.1, 0.15) is 36.8 Å². The third-order valence-corrected chi connectivity index (χ3v) is 5.38. The Bertz CT molecular complexity index is 1180. The zero-order chi connectivity index (χ0) is 25.9. The summed E-state index contributed by atoms with van der Waals surface area (Å²) in [5, 5.41) is 21.6. The number of benzene rings is 4. The van der Waals surface area contributed by atoms with E-state index in [9.17, 15) is 19.8 Å². The first-order chi connectivity index (χ1) is 17.3. The molecule has 7 heteroatoms. The maximum absolute atomic E-state index is 10.8. The van der Waals surface area contributed by atoms with E-state index in [-0.39, 0.29) is 37.7 Å². The third kappa shape index (κ3) is 9.57. The van der Waals surface area contributed by atoms with Crippen molar-refractivity contribution in [2.24, 2.45) is 0 Å². The van der Waals surface area contributed by atoms with E-state index in [2.05, 4.69) is 0 Å². The molecule has 0 amide bonds. The number of para-hydroxylation sites is 2. The van der Waals surface area contributed by atoms with Gasteiger partial charge in [0.05, 0.1) is 0 Å². The van der Waals surface area contributed by atoms with E-state index in [1.807, 2.05) is 60.7 Å². The van der Waals surface area contributed by atoms with Gasteiger partial charge in [-0.05, 0) is 59.7 Å². The molecule has 0 bridgehead atoms. The molecule has 6 nitrogen and oxygen atoms in total. The molecular weight excluding hydrogens is 496 g/mol. The maximum atomic E-state index is 10.8. The van der Waals surface area contributed by atoms with E-state index in [1.54, 1.807) is 62.4 Å². The van der Waals surface area contributed by atoms with Crippen LogP contribution >= 0.6 is 0 Å². The largest absolute Gasteiger partial charge is 2.00 e. The predicted molar refractivity (Wildman–Crippen MR) is 139 cm³/mol. The van der Waals surface area contributed by atoms with Crippen LogP contribution in [-0.2, 0) is 9.59 Å². The second-order valence-corrected chi connectivity index (χ2v) is 8.06. The Hall–Kier alpha value is -3.32. The number of ether oxygens (including phenoxy) is 2. The fraction of sp³-hybridized carbons (Fsp3) is 0.133. The number of hydrogen-bond donors (Lipinski definition) is 0. The molecule has 1 unspecified atom stereocenters. The van der Waals surface area contributed by atoms with E-state index in [0.717, 1.165) is 11.5 Å². The number of rotatable bonds is 8. The van der Waals surface area contributed by atoms with Crippen molar-refractivity contribution in [3.05, 3.63) is 120 Å². The fourth-order valence-corrected chi connectivity index (χ4v) is 3.22. The average Bonchev–Trinajstić information content (AvgIpc) is 2.89. The first kappa shape index (κ1) is 29.9. The number of hydrogen-bond acceptors (Lipinski definition) is 6. The van der Waals surface area contributed by atoms with Crippen molar-refractivity contribution in [1.82, 2.24) is 0 Å². The van der Waals surface area contributed by atoms with E-state index in [4.69, 9.17) is 9.47 Å². The van der Waals surface area contributed by atoms with E-state index in [1.165, 1.54) is 0 Å². The van der Waals surface area contributed by atoms with Crippen LogP contribution in [0, 0.1) is 0 Å². The Morgan fingerprint density at radius 1 is 0.541 bits per heavy atom. The van der Waals surface area contributed by atoms with Gasteiger partial charge in [-0.15, -0.1) is 0 Å². The predicted octanol–water partition coefficient (Wildman–Crippen LogP) is 4.28. The van der Waals surface area contributed by atoms with Crippen molar-refractivity contribution in [3.63, 3.8) is 0 Å². The molecule has 0 aliphatic rings. The molecule has 4 aromatic carbocycles. The average molecular weight is 523 g/mol. The normalized spacial score (nSPS) is 11.5. The molecule has 4 aromatic rings. The second-order valence-electron chi connectivity index (χ2n) is 8.06. The molecule has 0 aliphatic heterocycles. The van der Waals surface area contributed by atoms with Gasteiger partial charge in [0.25, 0.3) is 0 Å². The SMILES string of the molecule is CC(C(=O)[O-])c1cccc(Oc2ccccc2)c1.C[C@@H](C(=O)[O-])c1cccc(Oc2ccccc2)c1.[Ca+2]. The van der Waals surface area contributed by atoms with Crippen LogP contribution in [0.5, 0.6) is 23.0 Å². The number of carboxylic acids is 2. The van der Waals surface area contributed by atoms with Gasteiger partial charge in [0.15, 0.2) is 0 Å². The van der Waals surface area contributed by atoms with Gasteiger partial charge in [0, 0.05) is 23.8 Å². The molecule has 2 atom stereocenters. The smallest absolute Gasteiger partial charge is 0.550 e. The third-order valence-electron chi connectivity index (χ3n) is 5.38. The van der Waals surface area contributed by atoms with Crippen LogP contribution in [0.4, 0.5) is 0 Å². The summed E-state index contributed by atoms with van der Waals surface area (Å²) >= 11 is 0. The minimum Gasteiger partial charge on any atom is -0.550 e. The molecule has 184 valence electrons. The van der Waals surface area contributed by atoms with Gasteiger partial charge in [-0.1, -0.05) is 74.5 Å². The Morgan fingerprint density at radius 2 is 0.865 bits per heavy atom. The van der Waals surface area contributed by atoms with Crippen LogP contribution < -0.4 is 19.7 Å². The van der Waals surface area contributed by atoms with Crippen molar-refractivity contribution in [2.75, 3.05) is 0 Å². The summed E-state index contributed by atoms with van der Waals surface area (Å²) < 4.78 is 11.3. The Morgan fingerprint density at radius 3 is 1.19 bits per heavy atom. The number of carboxylic acid groups (broad SMARTS) is 2. The van der Waals surface area contributed by atoms with E-state index in [0.29, 0.717) is 22.6 Å². The summed E-state index contributed by atoms with van der Waals surface area (Å²) in [6.45, 7) is 3.19. The Balaban J connectivity index is 0.000000253. The topological polar surface area (TPSA) is 98.7 Å². The molecule has 0 aromatic heterocycles. The first-order valence-corrected chi connectivity index (χ1v) is 11.4.